The molecular weight excluding hydrogens is 194 g/mol. The van der Waals surface area contributed by atoms with Crippen LogP contribution in [0, 0.1) is 0 Å². The van der Waals surface area contributed by atoms with Gasteiger partial charge < -0.3 is 0 Å². The van der Waals surface area contributed by atoms with Crippen molar-refractivity contribution >= 4 is 6.91 Å². The fraction of sp³-hybridized carbons (Fsp3) is 1.00. The Labute approximate surface area is 88.7 Å². The third-order valence-corrected chi connectivity index (χ3v) is 11.6. The molecule has 0 heterocycles. The third kappa shape index (κ3) is 1.98. The zero-order valence-corrected chi connectivity index (χ0v) is 11.0. The van der Waals surface area contributed by atoms with Crippen molar-refractivity contribution in [1.29, 1.82) is 0 Å². The third-order valence-electron chi connectivity index (χ3n) is 4.74. The van der Waals surface area contributed by atoms with E-state index in [1.807, 2.05) is 0 Å². The molecule has 0 atom stereocenters. The SMILES string of the molecule is CCP(F)(CC)(CC)C1CCCCC1. The van der Waals surface area contributed by atoms with Crippen LogP contribution < -0.4 is 0 Å². The van der Waals surface area contributed by atoms with Crippen LogP contribution in [0.15, 0.2) is 0 Å². The van der Waals surface area contributed by atoms with E-state index in [4.69, 9.17) is 0 Å². The van der Waals surface area contributed by atoms with Gasteiger partial charge in [-0.15, -0.1) is 0 Å². The number of halogens is 1. The van der Waals surface area contributed by atoms with E-state index in [2.05, 4.69) is 20.8 Å². The average Bonchev–Trinajstić information content (AvgIpc) is 2.30. The van der Waals surface area contributed by atoms with E-state index < -0.39 is 6.91 Å². The molecule has 0 aromatic rings. The van der Waals surface area contributed by atoms with Crippen LogP contribution >= 0.6 is 6.91 Å². The van der Waals surface area contributed by atoms with Crippen molar-refractivity contribution in [3.05, 3.63) is 0 Å². The van der Waals surface area contributed by atoms with Gasteiger partial charge in [-0.2, -0.15) is 0 Å². The van der Waals surface area contributed by atoms with Crippen LogP contribution in [0.25, 0.3) is 0 Å². The van der Waals surface area contributed by atoms with Crippen molar-refractivity contribution in [2.45, 2.75) is 58.5 Å². The van der Waals surface area contributed by atoms with E-state index in [9.17, 15) is 0 Å². The summed E-state index contributed by atoms with van der Waals surface area (Å²) in [5.74, 6) is 0. The van der Waals surface area contributed by atoms with Crippen molar-refractivity contribution < 1.29 is 4.20 Å². The Hall–Kier alpha value is 0.360. The fourth-order valence-corrected chi connectivity index (χ4v) is 7.72. The van der Waals surface area contributed by atoms with E-state index in [1.165, 1.54) is 32.1 Å². The van der Waals surface area contributed by atoms with E-state index >= 15 is 4.20 Å². The second kappa shape index (κ2) is 4.47. The summed E-state index contributed by atoms with van der Waals surface area (Å²) in [7, 11) is 0. The summed E-state index contributed by atoms with van der Waals surface area (Å²) in [6, 6.07) is 0. The Balaban J connectivity index is 2.84. The predicted octanol–water partition coefficient (Wildman–Crippen LogP) is 4.82. The zero-order chi connectivity index (χ0) is 10.7. The van der Waals surface area contributed by atoms with Gasteiger partial charge >= 0.3 is 88.1 Å². The first-order valence-electron chi connectivity index (χ1n) is 6.31. The van der Waals surface area contributed by atoms with E-state index in [1.54, 1.807) is 0 Å². The van der Waals surface area contributed by atoms with Gasteiger partial charge in [-0.1, -0.05) is 0 Å². The van der Waals surface area contributed by atoms with Gasteiger partial charge in [0.25, 0.3) is 0 Å². The quantitative estimate of drug-likeness (QED) is 0.596. The van der Waals surface area contributed by atoms with Crippen molar-refractivity contribution in [3.63, 3.8) is 0 Å². The van der Waals surface area contributed by atoms with E-state index in [-0.39, 0.29) is 0 Å². The van der Waals surface area contributed by atoms with Crippen LogP contribution in [0.2, 0.25) is 0 Å². The molecule has 0 aromatic heterocycles. The average molecular weight is 220 g/mol. The summed E-state index contributed by atoms with van der Waals surface area (Å²) < 4.78 is 15.4. The van der Waals surface area contributed by atoms with Crippen molar-refractivity contribution in [2.24, 2.45) is 0 Å². The Bertz CT molecular complexity index is 170. The van der Waals surface area contributed by atoms with Gasteiger partial charge in [0.15, 0.2) is 0 Å². The second-order valence-electron chi connectivity index (χ2n) is 4.92. The Morgan fingerprint density at radius 1 is 0.929 bits per heavy atom. The number of rotatable bonds is 4. The maximum atomic E-state index is 15.4. The van der Waals surface area contributed by atoms with Crippen molar-refractivity contribution in [1.82, 2.24) is 0 Å². The molecular formula is C12H26FP. The molecule has 1 saturated carbocycles. The molecule has 0 aliphatic heterocycles. The molecule has 0 radical (unpaired) electrons. The van der Waals surface area contributed by atoms with Crippen LogP contribution in [-0.4, -0.2) is 24.1 Å². The molecule has 14 heavy (non-hydrogen) atoms. The molecule has 1 aliphatic carbocycles. The standard InChI is InChI=1S/C12H26FP/c1-4-14(13,5-2,6-3)12-10-8-7-9-11-12/h12H,4-11H2,1-3H3. The number of hydrogen-bond acceptors (Lipinski definition) is 0. The summed E-state index contributed by atoms with van der Waals surface area (Å²) in [5, 5.41) is 0. The van der Waals surface area contributed by atoms with Crippen LogP contribution in [0.3, 0.4) is 0 Å². The molecule has 0 N–H and O–H groups in total. The Morgan fingerprint density at radius 3 is 1.71 bits per heavy atom. The summed E-state index contributed by atoms with van der Waals surface area (Å²) in [5.41, 5.74) is 0.453. The molecule has 0 bridgehead atoms. The first-order valence-corrected chi connectivity index (χ1v) is 9.07. The zero-order valence-electron chi connectivity index (χ0n) is 10.1. The maximum absolute atomic E-state index is 15.4. The predicted molar refractivity (Wildman–Crippen MR) is 66.5 cm³/mol. The normalized spacial score (nSPS) is 23.0. The summed E-state index contributed by atoms with van der Waals surface area (Å²) in [6.45, 7) is 3.46. The minimum atomic E-state index is -2.79. The molecule has 0 unspecified atom stereocenters. The van der Waals surface area contributed by atoms with Crippen LogP contribution in [0.1, 0.15) is 52.9 Å². The second-order valence-corrected chi connectivity index (χ2v) is 10.9. The van der Waals surface area contributed by atoms with Gasteiger partial charge in [0.2, 0.25) is 0 Å². The van der Waals surface area contributed by atoms with Crippen LogP contribution in [0.5, 0.6) is 0 Å². The molecule has 0 aromatic carbocycles. The van der Waals surface area contributed by atoms with Crippen molar-refractivity contribution in [2.75, 3.05) is 18.5 Å². The molecule has 0 amide bonds. The molecule has 0 saturated heterocycles. The first kappa shape index (κ1) is 12.4. The van der Waals surface area contributed by atoms with Gasteiger partial charge in [-0.25, -0.2) is 0 Å². The number of hydrogen-bond donors (Lipinski definition) is 0. The van der Waals surface area contributed by atoms with Gasteiger partial charge in [-0.3, -0.25) is 0 Å². The van der Waals surface area contributed by atoms with Gasteiger partial charge in [0.1, 0.15) is 0 Å². The molecule has 2 heteroatoms. The first-order chi connectivity index (χ1) is 6.59. The molecule has 1 fully saturated rings. The molecule has 1 rings (SSSR count). The fourth-order valence-electron chi connectivity index (χ4n) is 3.17. The summed E-state index contributed by atoms with van der Waals surface area (Å²) in [4.78, 5) is 0. The Morgan fingerprint density at radius 2 is 1.36 bits per heavy atom. The van der Waals surface area contributed by atoms with Gasteiger partial charge in [0.05, 0.1) is 0 Å². The monoisotopic (exact) mass is 220 g/mol. The van der Waals surface area contributed by atoms with E-state index in [0.29, 0.717) is 5.66 Å². The van der Waals surface area contributed by atoms with Gasteiger partial charge in [0, 0.05) is 0 Å². The molecule has 0 nitrogen and oxygen atoms in total. The van der Waals surface area contributed by atoms with Gasteiger partial charge in [-0.05, 0) is 0 Å². The molecule has 1 aliphatic rings. The molecule has 86 valence electrons. The summed E-state index contributed by atoms with van der Waals surface area (Å²) >= 11 is 0. The topological polar surface area (TPSA) is 0 Å². The Kier molecular flexibility index (Phi) is 3.97. The minimum absolute atomic E-state index is 0.453. The van der Waals surface area contributed by atoms with Crippen LogP contribution in [-0.2, 0) is 0 Å². The summed E-state index contributed by atoms with van der Waals surface area (Å²) in [6.07, 6.45) is 8.68. The molecule has 0 spiro atoms. The van der Waals surface area contributed by atoms with E-state index in [0.717, 1.165) is 18.5 Å². The van der Waals surface area contributed by atoms with Crippen LogP contribution in [0.4, 0.5) is 4.20 Å². The van der Waals surface area contributed by atoms with Crippen molar-refractivity contribution in [3.8, 4) is 0 Å².